The fourth-order valence-corrected chi connectivity index (χ4v) is 3.79. The standard InChI is InChI=1S/C13H17ClFNS/c14-10-4-3-5-11(15)9(10)8-12(16)13-6-1-2-7-17-13/h3-5,12-13H,1-2,6-8,16H2. The maximum absolute atomic E-state index is 13.6. The van der Waals surface area contributed by atoms with Crippen LogP contribution in [0.3, 0.4) is 0 Å². The SMILES string of the molecule is NC(Cc1c(F)cccc1Cl)C1CCCCS1. The molecule has 0 amide bonds. The van der Waals surface area contributed by atoms with E-state index in [1.807, 2.05) is 11.8 Å². The molecule has 1 nitrogen and oxygen atoms in total. The second kappa shape index (κ2) is 6.07. The first-order valence-corrected chi connectivity index (χ1v) is 7.41. The number of hydrogen-bond acceptors (Lipinski definition) is 2. The Labute approximate surface area is 111 Å². The number of halogens is 2. The predicted molar refractivity (Wildman–Crippen MR) is 73.2 cm³/mol. The Balaban J connectivity index is 2.04. The highest BCUT2D eigenvalue weighted by atomic mass is 35.5. The van der Waals surface area contributed by atoms with Gasteiger partial charge in [-0.2, -0.15) is 11.8 Å². The quantitative estimate of drug-likeness (QED) is 0.910. The van der Waals surface area contributed by atoms with Crippen LogP contribution in [0.5, 0.6) is 0 Å². The van der Waals surface area contributed by atoms with Crippen LogP contribution in [-0.4, -0.2) is 17.0 Å². The Bertz CT molecular complexity index is 359. The Hall–Kier alpha value is -0.250. The van der Waals surface area contributed by atoms with Crippen LogP contribution in [0.4, 0.5) is 4.39 Å². The van der Waals surface area contributed by atoms with E-state index in [0.29, 0.717) is 22.3 Å². The minimum atomic E-state index is -0.242. The molecular weight excluding hydrogens is 257 g/mol. The maximum Gasteiger partial charge on any atom is 0.127 e. The van der Waals surface area contributed by atoms with E-state index in [1.165, 1.54) is 24.7 Å². The summed E-state index contributed by atoms with van der Waals surface area (Å²) in [5.41, 5.74) is 6.73. The van der Waals surface area contributed by atoms with E-state index in [9.17, 15) is 4.39 Å². The molecular formula is C13H17ClFNS. The third-order valence-corrected chi connectivity index (χ3v) is 5.09. The molecule has 2 unspecified atom stereocenters. The molecule has 1 fully saturated rings. The molecule has 0 radical (unpaired) electrons. The van der Waals surface area contributed by atoms with Gasteiger partial charge in [-0.25, -0.2) is 4.39 Å². The highest BCUT2D eigenvalue weighted by Gasteiger charge is 2.23. The summed E-state index contributed by atoms with van der Waals surface area (Å²) in [6, 6.07) is 4.79. The predicted octanol–water partition coefficient (Wildman–Crippen LogP) is 3.63. The van der Waals surface area contributed by atoms with Crippen molar-refractivity contribution in [3.63, 3.8) is 0 Å². The molecule has 4 heteroatoms. The average Bonchev–Trinajstić information content (AvgIpc) is 2.35. The number of benzene rings is 1. The number of rotatable bonds is 3. The van der Waals surface area contributed by atoms with Crippen LogP contribution >= 0.6 is 23.4 Å². The molecule has 1 aromatic carbocycles. The molecule has 0 bridgehead atoms. The summed E-state index contributed by atoms with van der Waals surface area (Å²) in [5.74, 6) is 0.928. The average molecular weight is 274 g/mol. The lowest BCUT2D eigenvalue weighted by molar-refractivity contribution is 0.540. The highest BCUT2D eigenvalue weighted by molar-refractivity contribution is 8.00. The molecule has 2 rings (SSSR count). The number of hydrogen-bond donors (Lipinski definition) is 1. The van der Waals surface area contributed by atoms with Gasteiger partial charge in [0.05, 0.1) is 0 Å². The largest absolute Gasteiger partial charge is 0.326 e. The Morgan fingerprint density at radius 3 is 2.94 bits per heavy atom. The van der Waals surface area contributed by atoms with Crippen molar-refractivity contribution in [2.45, 2.75) is 37.0 Å². The van der Waals surface area contributed by atoms with Gasteiger partial charge in [-0.15, -0.1) is 0 Å². The van der Waals surface area contributed by atoms with Crippen LogP contribution in [0.1, 0.15) is 24.8 Å². The highest BCUT2D eigenvalue weighted by Crippen LogP contribution is 2.29. The zero-order chi connectivity index (χ0) is 12.3. The summed E-state index contributed by atoms with van der Waals surface area (Å²) >= 11 is 7.92. The maximum atomic E-state index is 13.6. The van der Waals surface area contributed by atoms with Crippen molar-refractivity contribution < 1.29 is 4.39 Å². The Kier molecular flexibility index (Phi) is 4.71. The van der Waals surface area contributed by atoms with Gasteiger partial charge in [0.1, 0.15) is 5.82 Å². The zero-order valence-electron chi connectivity index (χ0n) is 9.66. The van der Waals surface area contributed by atoms with E-state index in [2.05, 4.69) is 0 Å². The molecule has 0 spiro atoms. The third-order valence-electron chi connectivity index (χ3n) is 3.19. The third kappa shape index (κ3) is 3.36. The second-order valence-corrected chi connectivity index (χ2v) is 6.23. The van der Waals surface area contributed by atoms with Crippen molar-refractivity contribution in [1.29, 1.82) is 0 Å². The second-order valence-electron chi connectivity index (χ2n) is 4.47. The molecule has 0 aromatic heterocycles. The minimum absolute atomic E-state index is 0.00491. The van der Waals surface area contributed by atoms with E-state index in [4.69, 9.17) is 17.3 Å². The van der Waals surface area contributed by atoms with Crippen LogP contribution in [-0.2, 0) is 6.42 Å². The monoisotopic (exact) mass is 273 g/mol. The number of nitrogens with two attached hydrogens (primary N) is 1. The van der Waals surface area contributed by atoms with Crippen LogP contribution in [0.2, 0.25) is 5.02 Å². The first-order chi connectivity index (χ1) is 8.18. The minimum Gasteiger partial charge on any atom is -0.326 e. The fourth-order valence-electron chi connectivity index (χ4n) is 2.20. The smallest absolute Gasteiger partial charge is 0.127 e. The molecule has 1 aliphatic heterocycles. The van der Waals surface area contributed by atoms with Crippen molar-refractivity contribution in [2.24, 2.45) is 5.73 Å². The number of thioether (sulfide) groups is 1. The van der Waals surface area contributed by atoms with Crippen molar-refractivity contribution in [2.75, 3.05) is 5.75 Å². The topological polar surface area (TPSA) is 26.0 Å². The lowest BCUT2D eigenvalue weighted by atomic mass is 10.00. The van der Waals surface area contributed by atoms with Crippen LogP contribution in [0, 0.1) is 5.82 Å². The molecule has 0 saturated carbocycles. The van der Waals surface area contributed by atoms with Gasteiger partial charge in [0.15, 0.2) is 0 Å². The van der Waals surface area contributed by atoms with Crippen LogP contribution in [0.25, 0.3) is 0 Å². The molecule has 0 aliphatic carbocycles. The molecule has 1 aromatic rings. The van der Waals surface area contributed by atoms with Crippen molar-refractivity contribution in [3.05, 3.63) is 34.6 Å². The Morgan fingerprint density at radius 1 is 1.47 bits per heavy atom. The summed E-state index contributed by atoms with van der Waals surface area (Å²) in [7, 11) is 0. The van der Waals surface area contributed by atoms with Gasteiger partial charge in [-0.05, 0) is 37.1 Å². The lowest BCUT2D eigenvalue weighted by Crippen LogP contribution is -2.36. The summed E-state index contributed by atoms with van der Waals surface area (Å²) in [6.45, 7) is 0. The molecule has 1 aliphatic rings. The molecule has 1 saturated heterocycles. The normalized spacial score (nSPS) is 22.4. The van der Waals surface area contributed by atoms with Gasteiger partial charge >= 0.3 is 0 Å². The first kappa shape index (κ1) is 13.2. The molecule has 2 N–H and O–H groups in total. The summed E-state index contributed by atoms with van der Waals surface area (Å²) in [6.07, 6.45) is 4.17. The van der Waals surface area contributed by atoms with Gasteiger partial charge in [-0.1, -0.05) is 24.1 Å². The fraction of sp³-hybridized carbons (Fsp3) is 0.538. The van der Waals surface area contributed by atoms with E-state index < -0.39 is 0 Å². The van der Waals surface area contributed by atoms with Gasteiger partial charge in [0, 0.05) is 21.9 Å². The van der Waals surface area contributed by atoms with Crippen molar-refractivity contribution >= 4 is 23.4 Å². The van der Waals surface area contributed by atoms with Crippen LogP contribution < -0.4 is 5.73 Å². The first-order valence-electron chi connectivity index (χ1n) is 5.98. The van der Waals surface area contributed by atoms with E-state index >= 15 is 0 Å². The molecule has 94 valence electrons. The van der Waals surface area contributed by atoms with Gasteiger partial charge < -0.3 is 5.73 Å². The van der Waals surface area contributed by atoms with Crippen molar-refractivity contribution in [1.82, 2.24) is 0 Å². The van der Waals surface area contributed by atoms with Crippen LogP contribution in [0.15, 0.2) is 18.2 Å². The zero-order valence-corrected chi connectivity index (χ0v) is 11.2. The van der Waals surface area contributed by atoms with Gasteiger partial charge in [0.2, 0.25) is 0 Å². The van der Waals surface area contributed by atoms with E-state index in [-0.39, 0.29) is 11.9 Å². The van der Waals surface area contributed by atoms with E-state index in [1.54, 1.807) is 12.1 Å². The molecule has 17 heavy (non-hydrogen) atoms. The van der Waals surface area contributed by atoms with Gasteiger partial charge in [-0.3, -0.25) is 0 Å². The van der Waals surface area contributed by atoms with Gasteiger partial charge in [0.25, 0.3) is 0 Å². The Morgan fingerprint density at radius 2 is 2.29 bits per heavy atom. The van der Waals surface area contributed by atoms with E-state index in [0.717, 1.165) is 6.42 Å². The summed E-state index contributed by atoms with van der Waals surface area (Å²) in [4.78, 5) is 0. The lowest BCUT2D eigenvalue weighted by Gasteiger charge is -2.27. The summed E-state index contributed by atoms with van der Waals surface area (Å²) < 4.78 is 13.6. The molecule has 2 atom stereocenters. The summed E-state index contributed by atoms with van der Waals surface area (Å²) in [5, 5.41) is 0.931. The van der Waals surface area contributed by atoms with Crippen molar-refractivity contribution in [3.8, 4) is 0 Å². The molecule has 1 heterocycles.